The molecule has 2 N–H and O–H groups in total. The summed E-state index contributed by atoms with van der Waals surface area (Å²) in [6.07, 6.45) is 2.83. The number of ether oxygens (including phenoxy) is 1. The van der Waals surface area contributed by atoms with Crippen molar-refractivity contribution in [2.75, 3.05) is 13.2 Å². The van der Waals surface area contributed by atoms with Gasteiger partial charge in [0.25, 0.3) is 0 Å². The highest BCUT2D eigenvalue weighted by Crippen LogP contribution is 2.48. The van der Waals surface area contributed by atoms with Gasteiger partial charge in [-0.25, -0.2) is 0 Å². The summed E-state index contributed by atoms with van der Waals surface area (Å²) in [5.74, 6) is -1.06. The molecule has 20 heavy (non-hydrogen) atoms. The number of carbonyl (C=O) groups excluding carboxylic acids is 2. The summed E-state index contributed by atoms with van der Waals surface area (Å²) < 4.78 is 5.60. The van der Waals surface area contributed by atoms with Crippen LogP contribution in [-0.4, -0.2) is 57.9 Å². The van der Waals surface area contributed by atoms with Crippen molar-refractivity contribution >= 4 is 12.2 Å². The molecule has 0 aromatic heterocycles. The highest BCUT2D eigenvalue weighted by molar-refractivity contribution is 5.92. The Labute approximate surface area is 118 Å². The van der Waals surface area contributed by atoms with Gasteiger partial charge in [0.2, 0.25) is 5.91 Å². The summed E-state index contributed by atoms with van der Waals surface area (Å²) in [5.41, 5.74) is -2.84. The van der Waals surface area contributed by atoms with Crippen molar-refractivity contribution in [2.45, 2.75) is 56.9 Å². The van der Waals surface area contributed by atoms with Crippen LogP contribution >= 0.6 is 0 Å². The molecular formula is C14H23NO5. The fourth-order valence-corrected chi connectivity index (χ4v) is 3.40. The van der Waals surface area contributed by atoms with Crippen LogP contribution in [0.5, 0.6) is 0 Å². The first-order valence-electron chi connectivity index (χ1n) is 7.20. The molecule has 2 rings (SSSR count). The molecular weight excluding hydrogens is 262 g/mol. The predicted molar refractivity (Wildman–Crippen MR) is 70.7 cm³/mol. The molecule has 114 valence electrons. The number of hydrogen-bond acceptors (Lipinski definition) is 5. The van der Waals surface area contributed by atoms with E-state index in [1.165, 1.54) is 11.8 Å². The zero-order valence-corrected chi connectivity index (χ0v) is 12.0. The summed E-state index contributed by atoms with van der Waals surface area (Å²) in [5, 5.41) is 19.8. The minimum atomic E-state index is -1.52. The van der Waals surface area contributed by atoms with Crippen LogP contribution < -0.4 is 0 Å². The molecule has 6 heteroatoms. The van der Waals surface area contributed by atoms with Crippen LogP contribution in [0.2, 0.25) is 0 Å². The van der Waals surface area contributed by atoms with Crippen molar-refractivity contribution in [2.24, 2.45) is 5.92 Å². The van der Waals surface area contributed by atoms with Crippen LogP contribution in [0.3, 0.4) is 0 Å². The molecule has 0 spiro atoms. The second kappa shape index (κ2) is 5.42. The Kier molecular flexibility index (Phi) is 4.18. The van der Waals surface area contributed by atoms with Crippen LogP contribution in [0, 0.1) is 5.92 Å². The van der Waals surface area contributed by atoms with Gasteiger partial charge in [-0.3, -0.25) is 9.69 Å². The van der Waals surface area contributed by atoms with Crippen molar-refractivity contribution < 1.29 is 24.5 Å². The number of unbranched alkanes of at least 4 members (excludes halogenated alkanes) is 1. The number of nitrogens with zero attached hydrogens (tertiary/aromatic N) is 1. The molecule has 0 bridgehead atoms. The third-order valence-electron chi connectivity index (χ3n) is 4.72. The molecule has 1 amide bonds. The van der Waals surface area contributed by atoms with Gasteiger partial charge in [0.05, 0.1) is 12.5 Å². The zero-order valence-electron chi connectivity index (χ0n) is 12.0. The molecule has 0 aliphatic carbocycles. The molecule has 2 aliphatic rings. The third kappa shape index (κ3) is 1.89. The van der Waals surface area contributed by atoms with E-state index in [-0.39, 0.29) is 25.5 Å². The fraction of sp³-hybridized carbons (Fsp3) is 0.857. The van der Waals surface area contributed by atoms with E-state index < -0.39 is 23.3 Å². The van der Waals surface area contributed by atoms with E-state index in [0.29, 0.717) is 12.7 Å². The van der Waals surface area contributed by atoms with Crippen LogP contribution in [0.15, 0.2) is 0 Å². The number of fused-ring (bicyclic) bond motifs is 1. The lowest BCUT2D eigenvalue weighted by molar-refractivity contribution is -0.140. The Hall–Kier alpha value is -0.980. The number of amides is 1. The van der Waals surface area contributed by atoms with Gasteiger partial charge in [0.1, 0.15) is 11.8 Å². The Bertz CT molecular complexity index is 397. The number of aldehydes is 1. The largest absolute Gasteiger partial charge is 0.396 e. The molecule has 0 aromatic rings. The summed E-state index contributed by atoms with van der Waals surface area (Å²) in [6.45, 7) is 3.35. The first-order valence-corrected chi connectivity index (χ1v) is 7.20. The van der Waals surface area contributed by atoms with Crippen molar-refractivity contribution in [3.8, 4) is 0 Å². The lowest BCUT2D eigenvalue weighted by atomic mass is 9.77. The number of carbonyl (C=O) groups is 2. The SMILES string of the molecule is CCCC[C@@H]1OC[C@]2(C=O)N1C(=O)[C@H](CCO)[C@]2(C)O. The first kappa shape index (κ1) is 15.4. The number of aliphatic hydroxyl groups is 2. The average Bonchev–Trinajstić information content (AvgIpc) is 2.87. The molecule has 2 heterocycles. The number of hydrogen-bond donors (Lipinski definition) is 2. The average molecular weight is 285 g/mol. The van der Waals surface area contributed by atoms with Gasteiger partial charge in [0.15, 0.2) is 11.8 Å². The first-order chi connectivity index (χ1) is 9.46. The Morgan fingerprint density at radius 2 is 2.20 bits per heavy atom. The lowest BCUT2D eigenvalue weighted by Crippen LogP contribution is -2.59. The number of rotatable bonds is 6. The molecule has 2 fully saturated rings. The molecule has 0 saturated carbocycles. The van der Waals surface area contributed by atoms with E-state index in [1.54, 1.807) is 0 Å². The normalized spacial score (nSPS) is 40.2. The molecule has 2 saturated heterocycles. The highest BCUT2D eigenvalue weighted by Gasteiger charge is 2.70. The Balaban J connectivity index is 2.35. The molecule has 0 unspecified atom stereocenters. The zero-order chi connectivity index (χ0) is 15.0. The molecule has 2 aliphatic heterocycles. The van der Waals surface area contributed by atoms with Crippen LogP contribution in [0.4, 0.5) is 0 Å². The predicted octanol–water partition coefficient (Wildman–Crippen LogP) is 0.0624. The van der Waals surface area contributed by atoms with Crippen LogP contribution in [-0.2, 0) is 14.3 Å². The van der Waals surface area contributed by atoms with Gasteiger partial charge < -0.3 is 19.7 Å². The van der Waals surface area contributed by atoms with Gasteiger partial charge in [-0.05, 0) is 26.2 Å². The Morgan fingerprint density at radius 3 is 2.75 bits per heavy atom. The van der Waals surface area contributed by atoms with E-state index in [1.807, 2.05) is 6.92 Å². The second-order valence-corrected chi connectivity index (χ2v) is 5.87. The van der Waals surface area contributed by atoms with Crippen molar-refractivity contribution in [3.63, 3.8) is 0 Å². The van der Waals surface area contributed by atoms with Crippen LogP contribution in [0.25, 0.3) is 0 Å². The molecule has 6 nitrogen and oxygen atoms in total. The maximum absolute atomic E-state index is 12.5. The third-order valence-corrected chi connectivity index (χ3v) is 4.72. The van der Waals surface area contributed by atoms with Crippen molar-refractivity contribution in [3.05, 3.63) is 0 Å². The topological polar surface area (TPSA) is 87.1 Å². The minimum Gasteiger partial charge on any atom is -0.396 e. The van der Waals surface area contributed by atoms with E-state index in [2.05, 4.69) is 0 Å². The van der Waals surface area contributed by atoms with Gasteiger partial charge in [-0.15, -0.1) is 0 Å². The quantitative estimate of drug-likeness (QED) is 0.674. The van der Waals surface area contributed by atoms with Crippen molar-refractivity contribution in [1.29, 1.82) is 0 Å². The maximum atomic E-state index is 12.5. The van der Waals surface area contributed by atoms with Gasteiger partial charge >= 0.3 is 0 Å². The van der Waals surface area contributed by atoms with Crippen molar-refractivity contribution in [1.82, 2.24) is 4.90 Å². The molecule has 0 aromatic carbocycles. The minimum absolute atomic E-state index is 0.0194. The monoisotopic (exact) mass is 285 g/mol. The lowest BCUT2D eigenvalue weighted by Gasteiger charge is -2.36. The van der Waals surface area contributed by atoms with E-state index >= 15 is 0 Å². The van der Waals surface area contributed by atoms with Gasteiger partial charge in [0, 0.05) is 6.61 Å². The maximum Gasteiger partial charge on any atom is 0.231 e. The van der Waals surface area contributed by atoms with Gasteiger partial charge in [-0.2, -0.15) is 0 Å². The second-order valence-electron chi connectivity index (χ2n) is 5.87. The smallest absolute Gasteiger partial charge is 0.231 e. The summed E-state index contributed by atoms with van der Waals surface area (Å²) in [4.78, 5) is 25.6. The van der Waals surface area contributed by atoms with E-state index in [9.17, 15) is 14.7 Å². The van der Waals surface area contributed by atoms with Gasteiger partial charge in [-0.1, -0.05) is 13.3 Å². The summed E-state index contributed by atoms with van der Waals surface area (Å²) in [7, 11) is 0. The van der Waals surface area contributed by atoms with E-state index in [0.717, 1.165) is 12.8 Å². The van der Waals surface area contributed by atoms with Crippen LogP contribution in [0.1, 0.15) is 39.5 Å². The standard InChI is InChI=1S/C14H23NO5/c1-3-4-5-11-15-12(18)10(6-7-16)13(2,19)14(15,8-17)9-20-11/h8,10-11,16,19H,3-7,9H2,1-2H3/t10-,11-,13-,14-/m0/s1. The highest BCUT2D eigenvalue weighted by atomic mass is 16.5. The molecule has 0 radical (unpaired) electrons. The van der Waals surface area contributed by atoms with E-state index in [4.69, 9.17) is 9.84 Å². The fourth-order valence-electron chi connectivity index (χ4n) is 3.40. The molecule has 4 atom stereocenters. The Morgan fingerprint density at radius 1 is 1.50 bits per heavy atom. The summed E-state index contributed by atoms with van der Waals surface area (Å²) in [6, 6.07) is 0. The number of aliphatic hydroxyl groups excluding tert-OH is 1. The summed E-state index contributed by atoms with van der Waals surface area (Å²) >= 11 is 0.